The number of nitrogens with one attached hydrogen (secondary N) is 1. The molecule has 92 valence electrons. The summed E-state index contributed by atoms with van der Waals surface area (Å²) >= 11 is 0. The Morgan fingerprint density at radius 1 is 1.24 bits per heavy atom. The molecule has 2 N–H and O–H groups in total. The second-order valence-corrected chi connectivity index (χ2v) is 5.66. The fourth-order valence-corrected chi connectivity index (χ4v) is 3.42. The molecular weight excluding hydrogens is 210 g/mol. The lowest BCUT2D eigenvalue weighted by atomic mass is 9.95. The van der Waals surface area contributed by atoms with E-state index in [1.54, 1.807) is 0 Å². The highest BCUT2D eigenvalue weighted by atomic mass is 16.3. The van der Waals surface area contributed by atoms with Gasteiger partial charge in [0.2, 0.25) is 0 Å². The van der Waals surface area contributed by atoms with Crippen molar-refractivity contribution in [3.05, 3.63) is 35.4 Å². The second kappa shape index (κ2) is 4.43. The van der Waals surface area contributed by atoms with Crippen molar-refractivity contribution in [1.82, 2.24) is 5.32 Å². The van der Waals surface area contributed by atoms with E-state index in [1.807, 2.05) is 0 Å². The zero-order chi connectivity index (χ0) is 11.8. The maximum absolute atomic E-state index is 10.4. The monoisotopic (exact) mass is 231 g/mol. The zero-order valence-corrected chi connectivity index (χ0v) is 10.4. The van der Waals surface area contributed by atoms with E-state index in [9.17, 15) is 5.11 Å². The molecule has 1 aromatic carbocycles. The SMILES string of the molecule is Cc1ccc([C@@H](O)[C@@H]2C[C@H]3CCC[C@H]3N2)cc1. The third-order valence-corrected chi connectivity index (χ3v) is 4.44. The van der Waals surface area contributed by atoms with Crippen LogP contribution in [0.4, 0.5) is 0 Å². The van der Waals surface area contributed by atoms with Gasteiger partial charge >= 0.3 is 0 Å². The standard InChI is InChI=1S/C15H21NO/c1-10-5-7-11(8-6-10)15(17)14-9-12-3-2-4-13(12)16-14/h5-8,12-17H,2-4,9H2,1H3/t12-,13-,14+,15-/m1/s1. The van der Waals surface area contributed by atoms with Crippen LogP contribution >= 0.6 is 0 Å². The first-order chi connectivity index (χ1) is 8.24. The van der Waals surface area contributed by atoms with Crippen molar-refractivity contribution >= 4 is 0 Å². The lowest BCUT2D eigenvalue weighted by Gasteiger charge is -2.20. The molecule has 1 saturated heterocycles. The lowest BCUT2D eigenvalue weighted by molar-refractivity contribution is 0.133. The molecule has 4 atom stereocenters. The summed E-state index contributed by atoms with van der Waals surface area (Å²) in [5, 5.41) is 14.0. The average Bonchev–Trinajstić information content (AvgIpc) is 2.89. The Balaban J connectivity index is 1.70. The minimum absolute atomic E-state index is 0.257. The summed E-state index contributed by atoms with van der Waals surface area (Å²) in [6.45, 7) is 2.08. The molecule has 1 aliphatic heterocycles. The Bertz CT molecular complexity index is 374. The zero-order valence-electron chi connectivity index (χ0n) is 10.4. The molecule has 0 unspecified atom stereocenters. The Kier molecular flexibility index (Phi) is 2.93. The summed E-state index contributed by atoms with van der Waals surface area (Å²) in [6, 6.07) is 9.18. The predicted molar refractivity (Wildman–Crippen MR) is 68.8 cm³/mol. The first kappa shape index (κ1) is 11.2. The highest BCUT2D eigenvalue weighted by Gasteiger charge is 2.39. The van der Waals surface area contributed by atoms with Crippen molar-refractivity contribution in [3.63, 3.8) is 0 Å². The third kappa shape index (κ3) is 2.12. The molecule has 1 saturated carbocycles. The first-order valence-corrected chi connectivity index (χ1v) is 6.75. The quantitative estimate of drug-likeness (QED) is 0.820. The van der Waals surface area contributed by atoms with Crippen molar-refractivity contribution in [1.29, 1.82) is 0 Å². The molecule has 0 amide bonds. The normalized spacial score (nSPS) is 33.6. The maximum atomic E-state index is 10.4. The summed E-state index contributed by atoms with van der Waals surface area (Å²) in [5.74, 6) is 0.806. The van der Waals surface area contributed by atoms with Gasteiger partial charge in [0.25, 0.3) is 0 Å². The van der Waals surface area contributed by atoms with Crippen molar-refractivity contribution < 1.29 is 5.11 Å². The van der Waals surface area contributed by atoms with Crippen LogP contribution in [0.5, 0.6) is 0 Å². The Morgan fingerprint density at radius 2 is 2.00 bits per heavy atom. The molecule has 2 heteroatoms. The molecule has 17 heavy (non-hydrogen) atoms. The molecule has 1 heterocycles. The summed E-state index contributed by atoms with van der Waals surface area (Å²) in [7, 11) is 0. The number of aliphatic hydroxyl groups excluding tert-OH is 1. The van der Waals surface area contributed by atoms with Gasteiger partial charge in [-0.1, -0.05) is 36.2 Å². The van der Waals surface area contributed by atoms with Gasteiger partial charge < -0.3 is 10.4 Å². The lowest BCUT2D eigenvalue weighted by Crippen LogP contribution is -2.33. The van der Waals surface area contributed by atoms with Crippen LogP contribution < -0.4 is 5.32 Å². The van der Waals surface area contributed by atoms with Gasteiger partial charge in [0.05, 0.1) is 6.10 Å². The summed E-state index contributed by atoms with van der Waals surface area (Å²) < 4.78 is 0. The number of hydrogen-bond donors (Lipinski definition) is 2. The van der Waals surface area contributed by atoms with Gasteiger partial charge in [0.1, 0.15) is 0 Å². The van der Waals surface area contributed by atoms with Crippen LogP contribution in [0.2, 0.25) is 0 Å². The number of fused-ring (bicyclic) bond motifs is 1. The van der Waals surface area contributed by atoms with Crippen LogP contribution in [0, 0.1) is 12.8 Å². The fourth-order valence-electron chi connectivity index (χ4n) is 3.42. The van der Waals surface area contributed by atoms with Gasteiger partial charge in [-0.25, -0.2) is 0 Å². The Hall–Kier alpha value is -0.860. The van der Waals surface area contributed by atoms with Crippen LogP contribution in [-0.2, 0) is 0 Å². The molecule has 2 aliphatic rings. The molecular formula is C15H21NO. The van der Waals surface area contributed by atoms with E-state index in [0.717, 1.165) is 17.9 Å². The first-order valence-electron chi connectivity index (χ1n) is 6.75. The number of benzene rings is 1. The summed E-state index contributed by atoms with van der Waals surface area (Å²) in [4.78, 5) is 0. The largest absolute Gasteiger partial charge is 0.387 e. The van der Waals surface area contributed by atoms with Gasteiger partial charge in [-0.05, 0) is 37.7 Å². The predicted octanol–water partition coefficient (Wildman–Crippen LogP) is 2.56. The Morgan fingerprint density at radius 3 is 2.71 bits per heavy atom. The molecule has 1 aliphatic carbocycles. The van der Waals surface area contributed by atoms with Gasteiger partial charge in [-0.15, -0.1) is 0 Å². The molecule has 0 aromatic heterocycles. The smallest absolute Gasteiger partial charge is 0.0943 e. The number of rotatable bonds is 2. The molecule has 0 spiro atoms. The summed E-state index contributed by atoms with van der Waals surface area (Å²) in [5.41, 5.74) is 2.30. The van der Waals surface area contributed by atoms with Gasteiger partial charge in [-0.2, -0.15) is 0 Å². The minimum Gasteiger partial charge on any atom is -0.387 e. The van der Waals surface area contributed by atoms with E-state index in [0.29, 0.717) is 6.04 Å². The topological polar surface area (TPSA) is 32.3 Å². The van der Waals surface area contributed by atoms with Crippen LogP contribution in [0.3, 0.4) is 0 Å². The molecule has 2 nitrogen and oxygen atoms in total. The van der Waals surface area contributed by atoms with E-state index >= 15 is 0 Å². The number of hydrogen-bond acceptors (Lipinski definition) is 2. The number of aliphatic hydroxyl groups is 1. The molecule has 0 radical (unpaired) electrons. The van der Waals surface area contributed by atoms with E-state index < -0.39 is 0 Å². The van der Waals surface area contributed by atoms with E-state index in [-0.39, 0.29) is 12.1 Å². The minimum atomic E-state index is -0.346. The fraction of sp³-hybridized carbons (Fsp3) is 0.600. The number of aryl methyl sites for hydroxylation is 1. The van der Waals surface area contributed by atoms with E-state index in [2.05, 4.69) is 36.5 Å². The molecule has 2 fully saturated rings. The van der Waals surface area contributed by atoms with Gasteiger partial charge in [0.15, 0.2) is 0 Å². The van der Waals surface area contributed by atoms with Crippen LogP contribution in [0.1, 0.15) is 42.9 Å². The highest BCUT2D eigenvalue weighted by molar-refractivity contribution is 5.24. The highest BCUT2D eigenvalue weighted by Crippen LogP contribution is 2.38. The molecule has 3 rings (SSSR count). The molecule has 0 bridgehead atoms. The molecule has 1 aromatic rings. The third-order valence-electron chi connectivity index (χ3n) is 4.44. The van der Waals surface area contributed by atoms with E-state index in [4.69, 9.17) is 0 Å². The van der Waals surface area contributed by atoms with Crippen molar-refractivity contribution in [2.24, 2.45) is 5.92 Å². The van der Waals surface area contributed by atoms with Crippen LogP contribution in [0.15, 0.2) is 24.3 Å². The van der Waals surface area contributed by atoms with Crippen LogP contribution in [-0.4, -0.2) is 17.2 Å². The van der Waals surface area contributed by atoms with Crippen LogP contribution in [0.25, 0.3) is 0 Å². The maximum Gasteiger partial charge on any atom is 0.0943 e. The van der Waals surface area contributed by atoms with Gasteiger partial charge in [-0.3, -0.25) is 0 Å². The Labute approximate surface area is 103 Å². The van der Waals surface area contributed by atoms with Crippen molar-refractivity contribution in [2.45, 2.75) is 50.8 Å². The van der Waals surface area contributed by atoms with Crippen molar-refractivity contribution in [3.8, 4) is 0 Å². The average molecular weight is 231 g/mol. The second-order valence-electron chi connectivity index (χ2n) is 5.66. The van der Waals surface area contributed by atoms with Crippen molar-refractivity contribution in [2.75, 3.05) is 0 Å². The summed E-state index contributed by atoms with van der Waals surface area (Å²) in [6.07, 6.45) is 4.78. The van der Waals surface area contributed by atoms with E-state index in [1.165, 1.54) is 24.8 Å². The van der Waals surface area contributed by atoms with Gasteiger partial charge in [0, 0.05) is 12.1 Å².